The van der Waals surface area contributed by atoms with Gasteiger partial charge in [0, 0.05) is 18.3 Å². The molecule has 1 rings (SSSR count). The summed E-state index contributed by atoms with van der Waals surface area (Å²) in [5.41, 5.74) is 10.9. The van der Waals surface area contributed by atoms with Crippen molar-refractivity contribution in [2.45, 2.75) is 56.5 Å². The lowest BCUT2D eigenvalue weighted by atomic mass is 10.1. The van der Waals surface area contributed by atoms with E-state index >= 15 is 0 Å². The van der Waals surface area contributed by atoms with Gasteiger partial charge in [0.05, 0.1) is 31.3 Å². The first-order valence-electron chi connectivity index (χ1n) is 9.86. The topological polar surface area (TPSA) is 280 Å². The van der Waals surface area contributed by atoms with E-state index in [-0.39, 0.29) is 6.42 Å². The highest BCUT2D eigenvalue weighted by Gasteiger charge is 2.33. The predicted octanol–water partition coefficient (Wildman–Crippen LogP) is -4.45. The molecule has 0 saturated carbocycles. The van der Waals surface area contributed by atoms with E-state index in [0.717, 1.165) is 6.92 Å². The number of amides is 4. The molecule has 1 aromatic heterocycles. The number of aromatic amines is 1. The molecule has 0 saturated heterocycles. The van der Waals surface area contributed by atoms with Gasteiger partial charge in [0.25, 0.3) is 0 Å². The van der Waals surface area contributed by atoms with Crippen LogP contribution in [-0.4, -0.2) is 91.1 Å². The lowest BCUT2D eigenvalue weighted by Crippen LogP contribution is -2.60. The molecule has 1 heterocycles. The van der Waals surface area contributed by atoms with E-state index in [1.807, 2.05) is 0 Å². The number of primary amides is 1. The number of rotatable bonds is 14. The van der Waals surface area contributed by atoms with Gasteiger partial charge in [-0.3, -0.25) is 24.0 Å². The largest absolute Gasteiger partial charge is 0.481 e. The predicted molar refractivity (Wildman–Crippen MR) is 111 cm³/mol. The molecule has 1 aromatic rings. The molecule has 188 valence electrons. The molecule has 4 amide bonds. The van der Waals surface area contributed by atoms with Crippen LogP contribution < -0.4 is 27.4 Å². The van der Waals surface area contributed by atoms with Crippen molar-refractivity contribution in [2.75, 3.05) is 0 Å². The molecule has 16 nitrogen and oxygen atoms in total. The number of carboxylic acid groups (broad SMARTS) is 2. The molecule has 0 fully saturated rings. The number of aliphatic hydroxyl groups excluding tert-OH is 1. The summed E-state index contributed by atoms with van der Waals surface area (Å²) in [4.78, 5) is 77.3. The highest BCUT2D eigenvalue weighted by atomic mass is 16.4. The SMILES string of the molecule is CC(O)C(NC(=O)C(CC(N)=O)NC(=O)C(N)CC(=O)O)C(=O)NC(Cc1cnc[nH]1)C(=O)O. The van der Waals surface area contributed by atoms with E-state index in [9.17, 15) is 39.0 Å². The second-order valence-electron chi connectivity index (χ2n) is 7.34. The summed E-state index contributed by atoms with van der Waals surface area (Å²) in [6, 6.07) is -6.33. The second kappa shape index (κ2) is 12.9. The van der Waals surface area contributed by atoms with E-state index < -0.39 is 78.7 Å². The van der Waals surface area contributed by atoms with Crippen molar-refractivity contribution < 1.29 is 44.1 Å². The first-order chi connectivity index (χ1) is 15.8. The van der Waals surface area contributed by atoms with Crippen molar-refractivity contribution in [1.82, 2.24) is 25.9 Å². The Bertz CT molecular complexity index is 904. The number of aromatic nitrogens is 2. The number of nitrogens with zero attached hydrogens (tertiary/aromatic N) is 1. The average molecular weight is 485 g/mol. The van der Waals surface area contributed by atoms with Gasteiger partial charge in [-0.05, 0) is 6.92 Å². The number of hydrogen-bond acceptors (Lipinski definition) is 9. The standard InChI is InChI=1S/C18H27N7O9/c1-7(26)14(17(32)24-11(18(33)34)2-8-5-21-6-22-8)25-16(31)10(4-12(20)27)23-15(30)9(19)3-13(28)29/h5-7,9-11,14,26H,2-4,19H2,1H3,(H2,20,27)(H,21,22)(H,23,30)(H,24,32)(H,25,31)(H,28,29)(H,33,34). The van der Waals surface area contributed by atoms with Gasteiger partial charge in [0.15, 0.2) is 0 Å². The third kappa shape index (κ3) is 9.21. The lowest BCUT2D eigenvalue weighted by molar-refractivity contribution is -0.143. The third-order valence-corrected chi connectivity index (χ3v) is 4.43. The molecule has 5 unspecified atom stereocenters. The van der Waals surface area contributed by atoms with Crippen LogP contribution in [0, 0.1) is 0 Å². The molecule has 0 aromatic carbocycles. The Morgan fingerprint density at radius 1 is 1.00 bits per heavy atom. The third-order valence-electron chi connectivity index (χ3n) is 4.43. The van der Waals surface area contributed by atoms with E-state index in [0.29, 0.717) is 5.69 Å². The molecule has 0 aliphatic carbocycles. The summed E-state index contributed by atoms with van der Waals surface area (Å²) >= 11 is 0. The number of carboxylic acids is 2. The number of carbonyl (C=O) groups is 6. The molecular formula is C18H27N7O9. The van der Waals surface area contributed by atoms with Crippen LogP contribution in [0.1, 0.15) is 25.5 Å². The zero-order chi connectivity index (χ0) is 26.0. The highest BCUT2D eigenvalue weighted by molar-refractivity contribution is 5.96. The first kappa shape index (κ1) is 28.0. The molecule has 5 atom stereocenters. The number of imidazole rings is 1. The summed E-state index contributed by atoms with van der Waals surface area (Å²) in [5, 5.41) is 34.4. The molecule has 0 bridgehead atoms. The van der Waals surface area contributed by atoms with Gasteiger partial charge in [-0.1, -0.05) is 0 Å². The van der Waals surface area contributed by atoms with Crippen molar-refractivity contribution in [2.24, 2.45) is 11.5 Å². The van der Waals surface area contributed by atoms with Crippen molar-refractivity contribution >= 4 is 35.6 Å². The van der Waals surface area contributed by atoms with Crippen LogP contribution in [0.15, 0.2) is 12.5 Å². The molecule has 0 aliphatic heterocycles. The minimum atomic E-state index is -1.68. The van der Waals surface area contributed by atoms with Crippen LogP contribution in [0.3, 0.4) is 0 Å². The monoisotopic (exact) mass is 485 g/mol. The fraction of sp³-hybridized carbons (Fsp3) is 0.500. The molecule has 0 aliphatic rings. The van der Waals surface area contributed by atoms with E-state index in [1.54, 1.807) is 0 Å². The first-order valence-corrected chi connectivity index (χ1v) is 9.86. The van der Waals surface area contributed by atoms with Gasteiger partial charge < -0.3 is 47.7 Å². The van der Waals surface area contributed by atoms with Crippen LogP contribution in [0.25, 0.3) is 0 Å². The van der Waals surface area contributed by atoms with Crippen molar-refractivity contribution in [1.29, 1.82) is 0 Å². The number of carbonyl (C=O) groups excluding carboxylic acids is 4. The highest BCUT2D eigenvalue weighted by Crippen LogP contribution is 2.03. The Hall–Kier alpha value is -4.05. The Morgan fingerprint density at radius 3 is 2.09 bits per heavy atom. The van der Waals surface area contributed by atoms with E-state index in [2.05, 4.69) is 25.9 Å². The fourth-order valence-electron chi connectivity index (χ4n) is 2.71. The molecule has 0 radical (unpaired) electrons. The summed E-state index contributed by atoms with van der Waals surface area (Å²) in [6.07, 6.45) is -0.536. The number of aliphatic carboxylic acids is 2. The smallest absolute Gasteiger partial charge is 0.326 e. The minimum Gasteiger partial charge on any atom is -0.481 e. The number of nitrogens with two attached hydrogens (primary N) is 2. The van der Waals surface area contributed by atoms with Crippen molar-refractivity contribution in [3.05, 3.63) is 18.2 Å². The van der Waals surface area contributed by atoms with Crippen LogP contribution >= 0.6 is 0 Å². The van der Waals surface area contributed by atoms with Crippen LogP contribution in [0.5, 0.6) is 0 Å². The Kier molecular flexibility index (Phi) is 10.6. The van der Waals surface area contributed by atoms with Crippen LogP contribution in [-0.2, 0) is 35.2 Å². The second-order valence-corrected chi connectivity index (χ2v) is 7.34. The Labute approximate surface area is 192 Å². The zero-order valence-corrected chi connectivity index (χ0v) is 18.1. The van der Waals surface area contributed by atoms with E-state index in [4.69, 9.17) is 16.6 Å². The van der Waals surface area contributed by atoms with Gasteiger partial charge in [-0.2, -0.15) is 0 Å². The molecule has 16 heteroatoms. The van der Waals surface area contributed by atoms with E-state index in [1.165, 1.54) is 12.5 Å². The summed E-state index contributed by atoms with van der Waals surface area (Å²) < 4.78 is 0. The Morgan fingerprint density at radius 2 is 1.62 bits per heavy atom. The number of nitrogens with one attached hydrogen (secondary N) is 4. The lowest BCUT2D eigenvalue weighted by Gasteiger charge is -2.26. The van der Waals surface area contributed by atoms with Gasteiger partial charge in [-0.15, -0.1) is 0 Å². The van der Waals surface area contributed by atoms with Gasteiger partial charge in [-0.25, -0.2) is 9.78 Å². The maximum Gasteiger partial charge on any atom is 0.326 e. The molecular weight excluding hydrogens is 458 g/mol. The van der Waals surface area contributed by atoms with Crippen LogP contribution in [0.2, 0.25) is 0 Å². The summed E-state index contributed by atoms with van der Waals surface area (Å²) in [5.74, 6) is -7.07. The maximum atomic E-state index is 12.6. The zero-order valence-electron chi connectivity index (χ0n) is 18.1. The maximum absolute atomic E-state index is 12.6. The van der Waals surface area contributed by atoms with Crippen molar-refractivity contribution in [3.63, 3.8) is 0 Å². The quantitative estimate of drug-likeness (QED) is 0.121. The molecule has 11 N–H and O–H groups in total. The molecule has 34 heavy (non-hydrogen) atoms. The Balaban J connectivity index is 2.95. The summed E-state index contributed by atoms with van der Waals surface area (Å²) in [7, 11) is 0. The number of hydrogen-bond donors (Lipinski definition) is 9. The normalized spacial score (nSPS) is 15.1. The number of aliphatic hydroxyl groups is 1. The number of H-pyrrole nitrogens is 1. The van der Waals surface area contributed by atoms with Gasteiger partial charge in [0.2, 0.25) is 23.6 Å². The minimum absolute atomic E-state index is 0.177. The summed E-state index contributed by atoms with van der Waals surface area (Å²) in [6.45, 7) is 1.14. The van der Waals surface area contributed by atoms with Gasteiger partial charge >= 0.3 is 11.9 Å². The fourth-order valence-corrected chi connectivity index (χ4v) is 2.71. The van der Waals surface area contributed by atoms with Crippen molar-refractivity contribution in [3.8, 4) is 0 Å². The molecule has 0 spiro atoms. The van der Waals surface area contributed by atoms with Crippen LogP contribution in [0.4, 0.5) is 0 Å². The van der Waals surface area contributed by atoms with Gasteiger partial charge in [0.1, 0.15) is 18.1 Å². The average Bonchev–Trinajstić information content (AvgIpc) is 3.22.